The predicted molar refractivity (Wildman–Crippen MR) is 81.7 cm³/mol. The molecule has 0 radical (unpaired) electrons. The molecule has 19 heavy (non-hydrogen) atoms. The van der Waals surface area contributed by atoms with E-state index in [1.54, 1.807) is 0 Å². The standard InChI is InChI=1S/C16H19Cl2N/c1-10(12-4-5-15(17)16(18)8-12)19-9-14-7-11-2-3-13(14)6-11/h2-5,8,10-11,13-14,19H,6-7,9H2,1H3. The van der Waals surface area contributed by atoms with E-state index in [1.807, 2.05) is 18.2 Å². The number of nitrogens with one attached hydrogen (secondary N) is 1. The normalized spacial score (nSPS) is 29.9. The Hall–Kier alpha value is -0.500. The van der Waals surface area contributed by atoms with Crippen LogP contribution in [0.2, 0.25) is 10.0 Å². The summed E-state index contributed by atoms with van der Waals surface area (Å²) in [6.45, 7) is 3.27. The van der Waals surface area contributed by atoms with E-state index in [9.17, 15) is 0 Å². The van der Waals surface area contributed by atoms with Gasteiger partial charge in [0.05, 0.1) is 10.0 Å². The van der Waals surface area contributed by atoms with Gasteiger partial charge in [-0.1, -0.05) is 41.4 Å². The largest absolute Gasteiger partial charge is 0.310 e. The molecule has 1 aromatic rings. The molecule has 1 saturated carbocycles. The third-order valence-corrected chi connectivity index (χ3v) is 5.29. The van der Waals surface area contributed by atoms with Gasteiger partial charge in [-0.3, -0.25) is 0 Å². The molecule has 0 amide bonds. The van der Waals surface area contributed by atoms with Crippen molar-refractivity contribution in [3.8, 4) is 0 Å². The number of fused-ring (bicyclic) bond motifs is 2. The van der Waals surface area contributed by atoms with Crippen LogP contribution < -0.4 is 5.32 Å². The van der Waals surface area contributed by atoms with E-state index in [2.05, 4.69) is 24.4 Å². The summed E-state index contributed by atoms with van der Waals surface area (Å²) in [6, 6.07) is 6.20. The van der Waals surface area contributed by atoms with Crippen molar-refractivity contribution in [2.45, 2.75) is 25.8 Å². The van der Waals surface area contributed by atoms with Gasteiger partial charge in [0, 0.05) is 6.04 Å². The minimum absolute atomic E-state index is 0.317. The van der Waals surface area contributed by atoms with Crippen molar-refractivity contribution in [1.82, 2.24) is 5.32 Å². The van der Waals surface area contributed by atoms with Gasteiger partial charge in [-0.25, -0.2) is 0 Å². The van der Waals surface area contributed by atoms with Crippen LogP contribution in [0.15, 0.2) is 30.4 Å². The third-order valence-electron chi connectivity index (χ3n) is 4.55. The summed E-state index contributed by atoms with van der Waals surface area (Å²) in [6.07, 6.45) is 7.52. The maximum atomic E-state index is 6.07. The fraction of sp³-hybridized carbons (Fsp3) is 0.500. The average molecular weight is 296 g/mol. The second-order valence-corrected chi connectivity index (χ2v) is 6.66. The van der Waals surface area contributed by atoms with Gasteiger partial charge in [0.15, 0.2) is 0 Å². The number of rotatable bonds is 4. The van der Waals surface area contributed by atoms with Crippen molar-refractivity contribution in [3.05, 3.63) is 46.0 Å². The second kappa shape index (κ2) is 5.47. The smallest absolute Gasteiger partial charge is 0.0595 e. The lowest BCUT2D eigenvalue weighted by Gasteiger charge is -2.22. The first-order chi connectivity index (χ1) is 9.13. The van der Waals surface area contributed by atoms with Crippen LogP contribution in [0.5, 0.6) is 0 Å². The van der Waals surface area contributed by atoms with Crippen LogP contribution in [0, 0.1) is 17.8 Å². The second-order valence-electron chi connectivity index (χ2n) is 5.84. The van der Waals surface area contributed by atoms with E-state index in [0.29, 0.717) is 16.1 Å². The highest BCUT2D eigenvalue weighted by Crippen LogP contribution is 2.43. The lowest BCUT2D eigenvalue weighted by molar-refractivity contribution is 0.393. The van der Waals surface area contributed by atoms with Gasteiger partial charge >= 0.3 is 0 Å². The highest BCUT2D eigenvalue weighted by molar-refractivity contribution is 6.42. The van der Waals surface area contributed by atoms with Crippen molar-refractivity contribution < 1.29 is 0 Å². The van der Waals surface area contributed by atoms with E-state index in [-0.39, 0.29) is 0 Å². The van der Waals surface area contributed by atoms with Crippen molar-refractivity contribution in [3.63, 3.8) is 0 Å². The SMILES string of the molecule is CC(NCC1CC2C=CC1C2)c1ccc(Cl)c(Cl)c1. The molecule has 1 N–H and O–H groups in total. The fourth-order valence-electron chi connectivity index (χ4n) is 3.36. The molecule has 1 aromatic carbocycles. The van der Waals surface area contributed by atoms with Gasteiger partial charge in [0.2, 0.25) is 0 Å². The van der Waals surface area contributed by atoms with Gasteiger partial charge in [0.1, 0.15) is 0 Å². The van der Waals surface area contributed by atoms with Crippen LogP contribution in [0.3, 0.4) is 0 Å². The molecule has 2 bridgehead atoms. The van der Waals surface area contributed by atoms with Crippen molar-refractivity contribution in [2.75, 3.05) is 6.54 Å². The van der Waals surface area contributed by atoms with Crippen molar-refractivity contribution in [1.29, 1.82) is 0 Å². The van der Waals surface area contributed by atoms with Crippen LogP contribution in [0.4, 0.5) is 0 Å². The molecular weight excluding hydrogens is 277 g/mol. The molecule has 2 aliphatic rings. The van der Waals surface area contributed by atoms with Crippen LogP contribution in [0.25, 0.3) is 0 Å². The first-order valence-electron chi connectivity index (χ1n) is 7.00. The summed E-state index contributed by atoms with van der Waals surface area (Å²) in [4.78, 5) is 0. The first-order valence-corrected chi connectivity index (χ1v) is 7.75. The fourth-order valence-corrected chi connectivity index (χ4v) is 3.66. The van der Waals surface area contributed by atoms with Gasteiger partial charge in [-0.2, -0.15) is 0 Å². The van der Waals surface area contributed by atoms with Gasteiger partial charge in [-0.15, -0.1) is 0 Å². The highest BCUT2D eigenvalue weighted by Gasteiger charge is 2.35. The molecule has 1 fully saturated rings. The zero-order valence-electron chi connectivity index (χ0n) is 11.1. The van der Waals surface area contributed by atoms with Crippen molar-refractivity contribution >= 4 is 23.2 Å². The summed E-state index contributed by atoms with van der Waals surface area (Å²) in [7, 11) is 0. The van der Waals surface area contributed by atoms with Gasteiger partial charge in [-0.05, 0) is 61.8 Å². The maximum Gasteiger partial charge on any atom is 0.0595 e. The molecule has 102 valence electrons. The summed E-state index contributed by atoms with van der Waals surface area (Å²) in [5, 5.41) is 4.89. The topological polar surface area (TPSA) is 12.0 Å². The minimum atomic E-state index is 0.317. The van der Waals surface area contributed by atoms with Crippen LogP contribution in [-0.4, -0.2) is 6.54 Å². The van der Waals surface area contributed by atoms with E-state index >= 15 is 0 Å². The van der Waals surface area contributed by atoms with Gasteiger partial charge in [0.25, 0.3) is 0 Å². The number of allylic oxidation sites excluding steroid dienone is 2. The molecule has 0 aromatic heterocycles. The van der Waals surface area contributed by atoms with Crippen LogP contribution in [0.1, 0.15) is 31.4 Å². The number of hydrogen-bond donors (Lipinski definition) is 1. The summed E-state index contributed by atoms with van der Waals surface area (Å²) in [5.41, 5.74) is 1.20. The molecular formula is C16H19Cl2N. The van der Waals surface area contributed by atoms with E-state index in [0.717, 1.165) is 24.3 Å². The Morgan fingerprint density at radius 1 is 1.21 bits per heavy atom. The molecule has 4 atom stereocenters. The van der Waals surface area contributed by atoms with Crippen LogP contribution in [-0.2, 0) is 0 Å². The van der Waals surface area contributed by atoms with E-state index in [4.69, 9.17) is 23.2 Å². The minimum Gasteiger partial charge on any atom is -0.310 e. The first kappa shape index (κ1) is 13.5. The molecule has 0 aliphatic heterocycles. The molecule has 4 unspecified atom stereocenters. The summed E-state index contributed by atoms with van der Waals surface area (Å²) in [5.74, 6) is 2.45. The monoisotopic (exact) mass is 295 g/mol. The molecule has 2 aliphatic carbocycles. The number of benzene rings is 1. The lowest BCUT2D eigenvalue weighted by Crippen LogP contribution is -2.27. The Labute approximate surface area is 125 Å². The number of halogens is 2. The van der Waals surface area contributed by atoms with Gasteiger partial charge < -0.3 is 5.32 Å². The Morgan fingerprint density at radius 2 is 2.05 bits per heavy atom. The maximum absolute atomic E-state index is 6.07. The van der Waals surface area contributed by atoms with Crippen LogP contribution >= 0.6 is 23.2 Å². The lowest BCUT2D eigenvalue weighted by atomic mass is 9.93. The summed E-state index contributed by atoms with van der Waals surface area (Å²) < 4.78 is 0. The Bertz CT molecular complexity index is 498. The Balaban J connectivity index is 1.57. The van der Waals surface area contributed by atoms with Crippen molar-refractivity contribution in [2.24, 2.45) is 17.8 Å². The summed E-state index contributed by atoms with van der Waals surface area (Å²) >= 11 is 12.0. The number of hydrogen-bond acceptors (Lipinski definition) is 1. The highest BCUT2D eigenvalue weighted by atomic mass is 35.5. The quantitative estimate of drug-likeness (QED) is 0.783. The Morgan fingerprint density at radius 3 is 2.68 bits per heavy atom. The Kier molecular flexibility index (Phi) is 3.88. The molecule has 3 rings (SSSR count). The average Bonchev–Trinajstić information content (AvgIpc) is 3.01. The predicted octanol–water partition coefficient (Wildman–Crippen LogP) is 4.86. The zero-order valence-corrected chi connectivity index (χ0v) is 12.6. The zero-order chi connectivity index (χ0) is 13.4. The molecule has 0 heterocycles. The van der Waals surface area contributed by atoms with E-state index in [1.165, 1.54) is 18.4 Å². The molecule has 3 heteroatoms. The van der Waals surface area contributed by atoms with E-state index < -0.39 is 0 Å². The molecule has 0 spiro atoms. The molecule has 1 nitrogen and oxygen atoms in total. The molecule has 0 saturated heterocycles. The third kappa shape index (κ3) is 2.84.